The van der Waals surface area contributed by atoms with Crippen LogP contribution in [0.1, 0.15) is 43.8 Å². The molecule has 0 saturated heterocycles. The van der Waals surface area contributed by atoms with E-state index in [1.165, 1.54) is 18.4 Å². The van der Waals surface area contributed by atoms with Gasteiger partial charge in [0.15, 0.2) is 0 Å². The highest BCUT2D eigenvalue weighted by Gasteiger charge is 2.21. The van der Waals surface area contributed by atoms with E-state index in [-0.39, 0.29) is 0 Å². The Morgan fingerprint density at radius 1 is 1.53 bits per heavy atom. The Labute approximate surface area is 116 Å². The van der Waals surface area contributed by atoms with E-state index in [4.69, 9.17) is 4.42 Å². The van der Waals surface area contributed by atoms with Gasteiger partial charge in [0.1, 0.15) is 11.5 Å². The number of rotatable bonds is 8. The van der Waals surface area contributed by atoms with Crippen LogP contribution in [-0.4, -0.2) is 23.5 Å². The van der Waals surface area contributed by atoms with Crippen molar-refractivity contribution < 1.29 is 4.42 Å². The minimum Gasteiger partial charge on any atom is -0.465 e. The van der Waals surface area contributed by atoms with E-state index in [9.17, 15) is 0 Å². The van der Waals surface area contributed by atoms with E-state index in [1.807, 2.05) is 6.08 Å². The van der Waals surface area contributed by atoms with Gasteiger partial charge in [0, 0.05) is 30.7 Å². The Morgan fingerprint density at radius 3 is 2.84 bits per heavy atom. The maximum Gasteiger partial charge on any atom is 0.118 e. The molecular weight excluding hydrogens is 236 g/mol. The topological polar surface area (TPSA) is 28.4 Å². The first kappa shape index (κ1) is 14.4. The number of aryl methyl sites for hydroxylation is 1. The van der Waals surface area contributed by atoms with Crippen molar-refractivity contribution in [3.63, 3.8) is 0 Å². The smallest absolute Gasteiger partial charge is 0.118 e. The quantitative estimate of drug-likeness (QED) is 0.729. The van der Waals surface area contributed by atoms with Crippen LogP contribution in [0.5, 0.6) is 0 Å². The average Bonchev–Trinajstić information content (AvgIpc) is 3.11. The SMILES string of the molecule is C=CCN(Cc1cc(CNC2CC2)c(C)o1)C(C)C. The summed E-state index contributed by atoms with van der Waals surface area (Å²) in [6.45, 7) is 13.0. The summed E-state index contributed by atoms with van der Waals surface area (Å²) in [5, 5.41) is 3.54. The van der Waals surface area contributed by atoms with Gasteiger partial charge in [-0.25, -0.2) is 0 Å². The second-order valence-corrected chi connectivity index (χ2v) is 5.76. The third-order valence-corrected chi connectivity index (χ3v) is 3.68. The van der Waals surface area contributed by atoms with Crippen molar-refractivity contribution in [1.29, 1.82) is 0 Å². The highest BCUT2D eigenvalue weighted by atomic mass is 16.3. The fraction of sp³-hybridized carbons (Fsp3) is 0.625. The molecule has 3 nitrogen and oxygen atoms in total. The molecule has 0 atom stereocenters. The highest BCUT2D eigenvalue weighted by molar-refractivity contribution is 5.21. The van der Waals surface area contributed by atoms with Crippen LogP contribution < -0.4 is 5.32 Å². The molecule has 0 spiro atoms. The molecule has 1 heterocycles. The zero-order chi connectivity index (χ0) is 13.8. The van der Waals surface area contributed by atoms with Gasteiger partial charge in [-0.15, -0.1) is 6.58 Å². The predicted octanol–water partition coefficient (Wildman–Crippen LogP) is 3.24. The van der Waals surface area contributed by atoms with Gasteiger partial charge in [-0.05, 0) is 39.7 Å². The van der Waals surface area contributed by atoms with Gasteiger partial charge in [-0.3, -0.25) is 4.90 Å². The van der Waals surface area contributed by atoms with Crippen molar-refractivity contribution in [1.82, 2.24) is 10.2 Å². The molecule has 19 heavy (non-hydrogen) atoms. The molecule has 1 aromatic rings. The fourth-order valence-electron chi connectivity index (χ4n) is 2.21. The van der Waals surface area contributed by atoms with E-state index in [0.717, 1.165) is 37.2 Å². The summed E-state index contributed by atoms with van der Waals surface area (Å²) in [5.74, 6) is 2.10. The monoisotopic (exact) mass is 262 g/mol. The summed E-state index contributed by atoms with van der Waals surface area (Å²) in [5.41, 5.74) is 1.30. The summed E-state index contributed by atoms with van der Waals surface area (Å²) in [7, 11) is 0. The van der Waals surface area contributed by atoms with Gasteiger partial charge in [0.05, 0.1) is 6.54 Å². The van der Waals surface area contributed by atoms with Gasteiger partial charge >= 0.3 is 0 Å². The molecular formula is C16H26N2O. The van der Waals surface area contributed by atoms with Gasteiger partial charge in [-0.2, -0.15) is 0 Å². The molecule has 1 N–H and O–H groups in total. The normalized spacial score (nSPS) is 15.4. The van der Waals surface area contributed by atoms with Crippen LogP contribution in [0.2, 0.25) is 0 Å². The molecule has 0 aromatic carbocycles. The minimum absolute atomic E-state index is 0.497. The Hall–Kier alpha value is -1.06. The van der Waals surface area contributed by atoms with Crippen molar-refractivity contribution in [2.75, 3.05) is 6.54 Å². The van der Waals surface area contributed by atoms with Crippen molar-refractivity contribution in [2.24, 2.45) is 0 Å². The Balaban J connectivity index is 1.94. The second-order valence-electron chi connectivity index (χ2n) is 5.76. The lowest BCUT2D eigenvalue weighted by Gasteiger charge is -2.23. The lowest BCUT2D eigenvalue weighted by molar-refractivity contribution is 0.217. The summed E-state index contributed by atoms with van der Waals surface area (Å²) >= 11 is 0. The number of nitrogens with zero attached hydrogens (tertiary/aromatic N) is 1. The summed E-state index contributed by atoms with van der Waals surface area (Å²) in [6, 6.07) is 3.44. The van der Waals surface area contributed by atoms with Crippen LogP contribution in [0, 0.1) is 6.92 Å². The Morgan fingerprint density at radius 2 is 2.26 bits per heavy atom. The lowest BCUT2D eigenvalue weighted by atomic mass is 10.2. The van der Waals surface area contributed by atoms with Crippen LogP contribution in [0.15, 0.2) is 23.1 Å². The van der Waals surface area contributed by atoms with Gasteiger partial charge < -0.3 is 9.73 Å². The first-order valence-electron chi connectivity index (χ1n) is 7.26. The van der Waals surface area contributed by atoms with E-state index >= 15 is 0 Å². The molecule has 106 valence electrons. The predicted molar refractivity (Wildman–Crippen MR) is 79.0 cm³/mol. The molecule has 0 aliphatic heterocycles. The average molecular weight is 262 g/mol. The molecule has 0 amide bonds. The molecule has 1 fully saturated rings. The van der Waals surface area contributed by atoms with E-state index in [0.29, 0.717) is 6.04 Å². The molecule has 1 aliphatic carbocycles. The molecule has 3 heteroatoms. The molecule has 0 bridgehead atoms. The molecule has 0 radical (unpaired) electrons. The van der Waals surface area contributed by atoms with Gasteiger partial charge in [-0.1, -0.05) is 6.08 Å². The number of nitrogens with one attached hydrogen (secondary N) is 1. The van der Waals surface area contributed by atoms with Gasteiger partial charge in [0.25, 0.3) is 0 Å². The van der Waals surface area contributed by atoms with E-state index < -0.39 is 0 Å². The molecule has 1 aliphatic rings. The second kappa shape index (κ2) is 6.40. The van der Waals surface area contributed by atoms with Crippen molar-refractivity contribution in [2.45, 2.75) is 58.8 Å². The molecule has 0 unspecified atom stereocenters. The van der Waals surface area contributed by atoms with E-state index in [1.54, 1.807) is 0 Å². The minimum atomic E-state index is 0.497. The fourth-order valence-corrected chi connectivity index (χ4v) is 2.21. The molecule has 1 aromatic heterocycles. The zero-order valence-corrected chi connectivity index (χ0v) is 12.4. The third-order valence-electron chi connectivity index (χ3n) is 3.68. The van der Waals surface area contributed by atoms with Crippen LogP contribution in [0.25, 0.3) is 0 Å². The Bertz CT molecular complexity index is 418. The summed E-state index contributed by atoms with van der Waals surface area (Å²) in [4.78, 5) is 2.35. The first-order valence-corrected chi connectivity index (χ1v) is 7.26. The highest BCUT2D eigenvalue weighted by Crippen LogP contribution is 2.22. The van der Waals surface area contributed by atoms with E-state index in [2.05, 4.69) is 43.6 Å². The van der Waals surface area contributed by atoms with Crippen LogP contribution >= 0.6 is 0 Å². The number of hydrogen-bond donors (Lipinski definition) is 1. The largest absolute Gasteiger partial charge is 0.465 e. The Kier molecular flexibility index (Phi) is 4.83. The van der Waals surface area contributed by atoms with Crippen molar-refractivity contribution in [3.05, 3.63) is 35.8 Å². The molecule has 1 saturated carbocycles. The zero-order valence-electron chi connectivity index (χ0n) is 12.4. The summed E-state index contributed by atoms with van der Waals surface area (Å²) < 4.78 is 5.88. The van der Waals surface area contributed by atoms with Crippen LogP contribution in [0.4, 0.5) is 0 Å². The first-order chi connectivity index (χ1) is 9.10. The van der Waals surface area contributed by atoms with Crippen molar-refractivity contribution >= 4 is 0 Å². The van der Waals surface area contributed by atoms with Crippen molar-refractivity contribution in [3.8, 4) is 0 Å². The standard InChI is InChI=1S/C16H26N2O/c1-5-8-18(12(2)3)11-16-9-14(13(4)19-16)10-17-15-6-7-15/h5,9,12,15,17H,1,6-8,10-11H2,2-4H3. The third kappa shape index (κ3) is 4.22. The van der Waals surface area contributed by atoms with Gasteiger partial charge in [0.2, 0.25) is 0 Å². The maximum absolute atomic E-state index is 5.88. The maximum atomic E-state index is 5.88. The lowest BCUT2D eigenvalue weighted by Crippen LogP contribution is -2.30. The molecule has 2 rings (SSSR count). The van der Waals surface area contributed by atoms with Crippen LogP contribution in [-0.2, 0) is 13.1 Å². The summed E-state index contributed by atoms with van der Waals surface area (Å²) in [6.07, 6.45) is 4.60. The number of hydrogen-bond acceptors (Lipinski definition) is 3. The van der Waals surface area contributed by atoms with Crippen LogP contribution in [0.3, 0.4) is 0 Å². The number of furan rings is 1.